The predicted octanol–water partition coefficient (Wildman–Crippen LogP) is 2.46. The normalized spacial score (nSPS) is 21.4. The molecule has 0 unspecified atom stereocenters. The number of morpholine rings is 1. The lowest BCUT2D eigenvalue weighted by Gasteiger charge is -2.34. The number of hydrogen-bond acceptors (Lipinski definition) is 5. The van der Waals surface area contributed by atoms with Crippen LogP contribution in [-0.2, 0) is 19.6 Å². The summed E-state index contributed by atoms with van der Waals surface area (Å²) in [5.41, 5.74) is 1.26. The van der Waals surface area contributed by atoms with Crippen molar-refractivity contribution in [2.45, 2.75) is 50.7 Å². The van der Waals surface area contributed by atoms with Gasteiger partial charge in [0.1, 0.15) is 0 Å². The highest BCUT2D eigenvalue weighted by Crippen LogP contribution is 2.21. The summed E-state index contributed by atoms with van der Waals surface area (Å²) in [7, 11) is -3.39. The van der Waals surface area contributed by atoms with Crippen LogP contribution in [0.5, 0.6) is 0 Å². The van der Waals surface area contributed by atoms with E-state index in [4.69, 9.17) is 4.74 Å². The van der Waals surface area contributed by atoms with Crippen molar-refractivity contribution in [3.05, 3.63) is 29.8 Å². The van der Waals surface area contributed by atoms with Gasteiger partial charge in [-0.25, -0.2) is 8.42 Å². The van der Waals surface area contributed by atoms with Gasteiger partial charge >= 0.3 is 0 Å². The number of sulfonamides is 1. The maximum absolute atomic E-state index is 12.4. The van der Waals surface area contributed by atoms with Crippen molar-refractivity contribution in [3.8, 4) is 0 Å². The van der Waals surface area contributed by atoms with E-state index in [0.717, 1.165) is 4.90 Å². The summed E-state index contributed by atoms with van der Waals surface area (Å²) in [5, 5.41) is 2.70. The highest BCUT2D eigenvalue weighted by molar-refractivity contribution is 8.00. The van der Waals surface area contributed by atoms with Crippen molar-refractivity contribution < 1.29 is 17.9 Å². The molecule has 8 heteroatoms. The van der Waals surface area contributed by atoms with Gasteiger partial charge in [-0.05, 0) is 37.5 Å². The Bertz CT molecular complexity index is 710. The van der Waals surface area contributed by atoms with E-state index < -0.39 is 10.0 Å². The smallest absolute Gasteiger partial charge is 0.230 e. The van der Waals surface area contributed by atoms with Gasteiger partial charge in [-0.1, -0.05) is 26.0 Å². The Morgan fingerprint density at radius 2 is 1.81 bits per heavy atom. The number of thioether (sulfide) groups is 1. The zero-order chi connectivity index (χ0) is 20.0. The number of nitrogens with zero attached hydrogens (tertiary/aromatic N) is 1. The number of nitrogens with one attached hydrogen (secondary N) is 1. The third kappa shape index (κ3) is 7.10. The van der Waals surface area contributed by atoms with Crippen LogP contribution in [0, 0.1) is 0 Å². The molecule has 1 heterocycles. The quantitative estimate of drug-likeness (QED) is 0.662. The fraction of sp³-hybridized carbons (Fsp3) is 0.632. The molecule has 0 aliphatic carbocycles. The highest BCUT2D eigenvalue weighted by Gasteiger charge is 2.30. The molecule has 27 heavy (non-hydrogen) atoms. The van der Waals surface area contributed by atoms with Crippen LogP contribution in [0.25, 0.3) is 0 Å². The molecule has 1 saturated heterocycles. The summed E-state index contributed by atoms with van der Waals surface area (Å²) in [4.78, 5) is 13.0. The Morgan fingerprint density at radius 3 is 2.37 bits per heavy atom. The van der Waals surface area contributed by atoms with E-state index in [1.165, 1.54) is 21.6 Å². The fourth-order valence-corrected chi connectivity index (χ4v) is 5.18. The van der Waals surface area contributed by atoms with Gasteiger partial charge in [-0.3, -0.25) is 4.79 Å². The number of hydrogen-bond donors (Lipinski definition) is 1. The predicted molar refractivity (Wildman–Crippen MR) is 110 cm³/mol. The molecule has 1 amide bonds. The van der Waals surface area contributed by atoms with Gasteiger partial charge < -0.3 is 10.1 Å². The SMILES string of the molecule is CC(C)c1ccc(SCC(=O)NCCS(=O)(=O)N2C[C@H](C)O[C@@H](C)C2)cc1. The molecule has 1 fully saturated rings. The number of benzene rings is 1. The highest BCUT2D eigenvalue weighted by atomic mass is 32.2. The molecule has 1 aliphatic rings. The third-order valence-electron chi connectivity index (χ3n) is 4.38. The van der Waals surface area contributed by atoms with Crippen LogP contribution in [0.1, 0.15) is 39.2 Å². The van der Waals surface area contributed by atoms with Crippen molar-refractivity contribution in [2.24, 2.45) is 0 Å². The Balaban J connectivity index is 1.73. The molecule has 0 spiro atoms. The second-order valence-corrected chi connectivity index (χ2v) is 10.4. The molecule has 0 radical (unpaired) electrons. The monoisotopic (exact) mass is 414 g/mol. The molecule has 0 saturated carbocycles. The molecule has 1 aromatic carbocycles. The Hall–Kier alpha value is -1.09. The molecular formula is C19H30N2O4S2. The third-order valence-corrected chi connectivity index (χ3v) is 7.20. The Morgan fingerprint density at radius 1 is 1.22 bits per heavy atom. The van der Waals surface area contributed by atoms with Gasteiger partial charge in [-0.2, -0.15) is 4.31 Å². The molecule has 6 nitrogen and oxygen atoms in total. The summed E-state index contributed by atoms with van der Waals surface area (Å²) in [6.45, 7) is 8.86. The van der Waals surface area contributed by atoms with Crippen LogP contribution in [0.3, 0.4) is 0 Å². The van der Waals surface area contributed by atoms with Crippen molar-refractivity contribution in [1.82, 2.24) is 9.62 Å². The summed E-state index contributed by atoms with van der Waals surface area (Å²) in [6, 6.07) is 8.17. The maximum atomic E-state index is 12.4. The molecule has 1 N–H and O–H groups in total. The van der Waals surface area contributed by atoms with Gasteiger partial charge in [0.15, 0.2) is 0 Å². The Kier molecular flexibility index (Phi) is 8.15. The van der Waals surface area contributed by atoms with Crippen LogP contribution in [0.2, 0.25) is 0 Å². The van der Waals surface area contributed by atoms with E-state index in [0.29, 0.717) is 19.0 Å². The van der Waals surface area contributed by atoms with Crippen LogP contribution >= 0.6 is 11.8 Å². The van der Waals surface area contributed by atoms with Crippen LogP contribution in [-0.4, -0.2) is 62.0 Å². The molecule has 2 rings (SSSR count). The first-order valence-electron chi connectivity index (χ1n) is 9.30. The van der Waals surface area contributed by atoms with Crippen molar-refractivity contribution in [3.63, 3.8) is 0 Å². The van der Waals surface area contributed by atoms with E-state index >= 15 is 0 Å². The maximum Gasteiger partial charge on any atom is 0.230 e. The number of carbonyl (C=O) groups excluding carboxylic acids is 1. The molecule has 152 valence electrons. The first kappa shape index (κ1) is 22.2. The minimum absolute atomic E-state index is 0.0913. The van der Waals surface area contributed by atoms with Gasteiger partial charge in [0.05, 0.1) is 23.7 Å². The number of rotatable bonds is 8. The molecule has 1 aromatic rings. The number of carbonyl (C=O) groups is 1. The zero-order valence-corrected chi connectivity index (χ0v) is 18.1. The van der Waals surface area contributed by atoms with E-state index in [-0.39, 0.29) is 36.2 Å². The molecule has 2 atom stereocenters. The summed E-state index contributed by atoms with van der Waals surface area (Å²) in [5.74, 6) is 0.497. The Labute approximate surface area is 167 Å². The summed E-state index contributed by atoms with van der Waals surface area (Å²) in [6.07, 6.45) is -0.229. The average Bonchev–Trinajstić information content (AvgIpc) is 2.59. The van der Waals surface area contributed by atoms with Gasteiger partial charge in [0.25, 0.3) is 0 Å². The second-order valence-electron chi connectivity index (χ2n) is 7.25. The summed E-state index contributed by atoms with van der Waals surface area (Å²) >= 11 is 1.45. The first-order chi connectivity index (χ1) is 12.7. The average molecular weight is 415 g/mol. The van der Waals surface area contributed by atoms with E-state index in [9.17, 15) is 13.2 Å². The first-order valence-corrected chi connectivity index (χ1v) is 11.9. The van der Waals surface area contributed by atoms with Crippen LogP contribution in [0.4, 0.5) is 0 Å². The van der Waals surface area contributed by atoms with E-state index in [1.807, 2.05) is 26.0 Å². The zero-order valence-electron chi connectivity index (χ0n) is 16.5. The van der Waals surface area contributed by atoms with E-state index in [2.05, 4.69) is 31.3 Å². The molecular weight excluding hydrogens is 384 g/mol. The lowest BCUT2D eigenvalue weighted by Crippen LogP contribution is -2.49. The van der Waals surface area contributed by atoms with Crippen molar-refractivity contribution in [1.29, 1.82) is 0 Å². The van der Waals surface area contributed by atoms with Gasteiger partial charge in [-0.15, -0.1) is 11.8 Å². The molecule has 1 aliphatic heterocycles. The van der Waals surface area contributed by atoms with Crippen LogP contribution < -0.4 is 5.32 Å². The molecule has 0 bridgehead atoms. The van der Waals surface area contributed by atoms with Gasteiger partial charge in [0.2, 0.25) is 15.9 Å². The van der Waals surface area contributed by atoms with E-state index in [1.54, 1.807) is 0 Å². The van der Waals surface area contributed by atoms with Gasteiger partial charge in [0, 0.05) is 24.5 Å². The topological polar surface area (TPSA) is 75.7 Å². The molecule has 0 aromatic heterocycles. The minimum Gasteiger partial charge on any atom is -0.373 e. The minimum atomic E-state index is -3.39. The van der Waals surface area contributed by atoms with Crippen molar-refractivity contribution in [2.75, 3.05) is 31.1 Å². The lowest BCUT2D eigenvalue weighted by molar-refractivity contribution is -0.118. The second kappa shape index (κ2) is 9.91. The summed E-state index contributed by atoms with van der Waals surface area (Å²) < 4.78 is 31.9. The largest absolute Gasteiger partial charge is 0.373 e. The van der Waals surface area contributed by atoms with Crippen LogP contribution in [0.15, 0.2) is 29.2 Å². The number of amides is 1. The number of ether oxygens (including phenoxy) is 1. The lowest BCUT2D eigenvalue weighted by atomic mass is 10.0. The standard InChI is InChI=1S/C19H30N2O4S2/c1-14(2)17-5-7-18(8-6-17)26-13-19(22)20-9-10-27(23,24)21-11-15(3)25-16(4)12-21/h5-8,14-16H,9-13H2,1-4H3,(H,20,22)/t15-,16-/m0/s1. The van der Waals surface area contributed by atoms with Crippen molar-refractivity contribution >= 4 is 27.7 Å². The fourth-order valence-electron chi connectivity index (χ4n) is 2.96.